The molecule has 188 valence electrons. The van der Waals surface area contributed by atoms with E-state index in [2.05, 4.69) is 24.0 Å². The van der Waals surface area contributed by atoms with Crippen LogP contribution in [0, 0.1) is 17.7 Å². The molecule has 0 bridgehead atoms. The number of rotatable bonds is 11. The maximum atomic E-state index is 14.6. The second kappa shape index (κ2) is 11.6. The molecule has 1 saturated carbocycles. The number of aromatic nitrogens is 2. The topological polar surface area (TPSA) is 94.7 Å². The summed E-state index contributed by atoms with van der Waals surface area (Å²) in [6, 6.07) is 9.07. The SMILES string of the molecule is COc1cc(-c2onc(COc3cccc([C@@H](CC(=O)O)C4CC4)c3)c2CC(C)C)c(F)cn1.S. The minimum absolute atomic E-state index is 0. The van der Waals surface area contributed by atoms with Crippen molar-refractivity contribution in [3.8, 4) is 23.0 Å². The van der Waals surface area contributed by atoms with Gasteiger partial charge in [-0.05, 0) is 54.7 Å². The van der Waals surface area contributed by atoms with Crippen LogP contribution in [-0.2, 0) is 17.8 Å². The molecule has 3 aromatic rings. The summed E-state index contributed by atoms with van der Waals surface area (Å²) in [4.78, 5) is 15.2. The number of hydrogen-bond acceptors (Lipinski definition) is 6. The molecular formula is C26H31FN2O5S. The fraction of sp³-hybridized carbons (Fsp3) is 0.423. The third-order valence-corrected chi connectivity index (χ3v) is 6.01. The molecular weight excluding hydrogens is 471 g/mol. The second-order valence-electron chi connectivity index (χ2n) is 9.14. The number of carboxylic acids is 1. The van der Waals surface area contributed by atoms with Crippen molar-refractivity contribution in [2.24, 2.45) is 11.8 Å². The van der Waals surface area contributed by atoms with Gasteiger partial charge in [-0.25, -0.2) is 9.37 Å². The summed E-state index contributed by atoms with van der Waals surface area (Å²) in [7, 11) is 1.47. The zero-order valence-corrected chi connectivity index (χ0v) is 21.1. The number of nitrogens with zero attached hydrogens (tertiary/aromatic N) is 2. The Hall–Kier alpha value is -3.07. The monoisotopic (exact) mass is 502 g/mol. The molecule has 1 fully saturated rings. The average molecular weight is 503 g/mol. The van der Waals surface area contributed by atoms with E-state index in [-0.39, 0.29) is 49.8 Å². The highest BCUT2D eigenvalue weighted by molar-refractivity contribution is 7.59. The van der Waals surface area contributed by atoms with Crippen molar-refractivity contribution >= 4 is 19.5 Å². The van der Waals surface area contributed by atoms with E-state index in [1.165, 1.54) is 13.2 Å². The number of carboxylic acid groups (broad SMARTS) is 1. The molecule has 0 spiro atoms. The van der Waals surface area contributed by atoms with Gasteiger partial charge in [0.25, 0.3) is 0 Å². The van der Waals surface area contributed by atoms with Gasteiger partial charge < -0.3 is 19.1 Å². The molecule has 0 radical (unpaired) electrons. The lowest BCUT2D eigenvalue weighted by molar-refractivity contribution is -0.137. The predicted molar refractivity (Wildman–Crippen MR) is 134 cm³/mol. The number of pyridine rings is 1. The van der Waals surface area contributed by atoms with Crippen LogP contribution in [0.15, 0.2) is 41.1 Å². The number of benzene rings is 1. The zero-order chi connectivity index (χ0) is 24.2. The van der Waals surface area contributed by atoms with E-state index in [0.717, 1.165) is 30.2 Å². The normalized spacial score (nSPS) is 13.9. The van der Waals surface area contributed by atoms with Crippen LogP contribution in [0.3, 0.4) is 0 Å². The van der Waals surface area contributed by atoms with Crippen molar-refractivity contribution < 1.29 is 28.3 Å². The summed E-state index contributed by atoms with van der Waals surface area (Å²) in [5, 5.41) is 13.5. The number of ether oxygens (including phenoxy) is 2. The summed E-state index contributed by atoms with van der Waals surface area (Å²) in [6.07, 6.45) is 3.95. The molecule has 1 aliphatic rings. The van der Waals surface area contributed by atoms with Crippen molar-refractivity contribution in [2.75, 3.05) is 7.11 Å². The summed E-state index contributed by atoms with van der Waals surface area (Å²) < 4.78 is 31.3. The van der Waals surface area contributed by atoms with Gasteiger partial charge in [-0.1, -0.05) is 31.1 Å². The van der Waals surface area contributed by atoms with E-state index in [9.17, 15) is 14.3 Å². The molecule has 1 atom stereocenters. The first-order valence-electron chi connectivity index (χ1n) is 11.5. The van der Waals surface area contributed by atoms with Crippen LogP contribution >= 0.6 is 13.5 Å². The van der Waals surface area contributed by atoms with E-state index < -0.39 is 11.8 Å². The van der Waals surface area contributed by atoms with Gasteiger partial charge >= 0.3 is 5.97 Å². The first kappa shape index (κ1) is 26.5. The quantitative estimate of drug-likeness (QED) is 0.357. The molecule has 2 aromatic heterocycles. The van der Waals surface area contributed by atoms with Gasteiger partial charge in [0.15, 0.2) is 11.6 Å². The fourth-order valence-corrected chi connectivity index (χ4v) is 4.22. The molecule has 35 heavy (non-hydrogen) atoms. The molecule has 9 heteroatoms. The fourth-order valence-electron chi connectivity index (χ4n) is 4.22. The van der Waals surface area contributed by atoms with Crippen LogP contribution in [0.2, 0.25) is 0 Å². The molecule has 1 aromatic carbocycles. The summed E-state index contributed by atoms with van der Waals surface area (Å²) >= 11 is 0. The highest BCUT2D eigenvalue weighted by Crippen LogP contribution is 2.45. The van der Waals surface area contributed by atoms with Crippen LogP contribution in [-0.4, -0.2) is 28.3 Å². The predicted octanol–water partition coefficient (Wildman–Crippen LogP) is 5.74. The van der Waals surface area contributed by atoms with E-state index >= 15 is 0 Å². The number of halogens is 1. The first-order valence-corrected chi connectivity index (χ1v) is 11.5. The Kier molecular flexibility index (Phi) is 8.77. The third kappa shape index (κ3) is 6.54. The molecule has 1 aliphatic carbocycles. The van der Waals surface area contributed by atoms with Gasteiger partial charge in [-0.2, -0.15) is 13.5 Å². The van der Waals surface area contributed by atoms with Crippen molar-refractivity contribution in [2.45, 2.75) is 52.1 Å². The number of methoxy groups -OCH3 is 1. The lowest BCUT2D eigenvalue weighted by Crippen LogP contribution is -2.09. The van der Waals surface area contributed by atoms with Crippen LogP contribution in [0.1, 0.15) is 55.8 Å². The Morgan fingerprint density at radius 2 is 2.06 bits per heavy atom. The van der Waals surface area contributed by atoms with Gasteiger partial charge in [-0.15, -0.1) is 0 Å². The van der Waals surface area contributed by atoms with E-state index in [0.29, 0.717) is 29.5 Å². The second-order valence-corrected chi connectivity index (χ2v) is 9.14. The summed E-state index contributed by atoms with van der Waals surface area (Å²) in [5.41, 5.74) is 2.58. The van der Waals surface area contributed by atoms with Crippen LogP contribution in [0.5, 0.6) is 11.6 Å². The average Bonchev–Trinajstić information content (AvgIpc) is 3.58. The molecule has 1 N–H and O–H groups in total. The molecule has 2 heterocycles. The molecule has 0 saturated heterocycles. The van der Waals surface area contributed by atoms with Crippen molar-refractivity contribution in [3.05, 3.63) is 59.2 Å². The summed E-state index contributed by atoms with van der Waals surface area (Å²) in [6.45, 7) is 4.27. The van der Waals surface area contributed by atoms with Crippen LogP contribution < -0.4 is 9.47 Å². The molecule has 4 rings (SSSR count). The van der Waals surface area contributed by atoms with Crippen LogP contribution in [0.4, 0.5) is 4.39 Å². The zero-order valence-electron chi connectivity index (χ0n) is 20.1. The Balaban J connectivity index is 0.00000342. The van der Waals surface area contributed by atoms with Crippen molar-refractivity contribution in [1.82, 2.24) is 10.1 Å². The third-order valence-electron chi connectivity index (χ3n) is 6.01. The minimum Gasteiger partial charge on any atom is -0.487 e. The van der Waals surface area contributed by atoms with Crippen molar-refractivity contribution in [1.29, 1.82) is 0 Å². The van der Waals surface area contributed by atoms with Gasteiger partial charge in [0.2, 0.25) is 5.88 Å². The van der Waals surface area contributed by atoms with Crippen LogP contribution in [0.25, 0.3) is 11.3 Å². The Morgan fingerprint density at radius 3 is 2.71 bits per heavy atom. The van der Waals surface area contributed by atoms with E-state index in [1.54, 1.807) is 0 Å². The first-order chi connectivity index (χ1) is 16.4. The molecule has 0 amide bonds. The van der Waals surface area contributed by atoms with Gasteiger partial charge in [0, 0.05) is 11.6 Å². The number of hydrogen-bond donors (Lipinski definition) is 1. The number of aliphatic carboxylic acids is 1. The van der Waals surface area contributed by atoms with Gasteiger partial charge in [0.1, 0.15) is 18.1 Å². The van der Waals surface area contributed by atoms with Gasteiger partial charge in [0.05, 0.1) is 25.3 Å². The Labute approximate surface area is 211 Å². The molecule has 0 unspecified atom stereocenters. The number of carbonyl (C=O) groups is 1. The lowest BCUT2D eigenvalue weighted by atomic mass is 9.91. The minimum atomic E-state index is -0.795. The highest BCUT2D eigenvalue weighted by Gasteiger charge is 2.34. The smallest absolute Gasteiger partial charge is 0.303 e. The Bertz CT molecular complexity index is 1160. The standard InChI is InChI=1S/C26H29FN2O5.H2S/c1-15(2)9-21-23(29-34-26(21)20-11-24(32-3)28-13-22(20)27)14-33-18-6-4-5-17(10-18)19(12-25(30)31)16-7-8-16;/h4-6,10-11,13,15-16,19H,7-9,12,14H2,1-3H3,(H,30,31);1H2/t19-;/m0./s1. The maximum Gasteiger partial charge on any atom is 0.303 e. The molecule has 0 aliphatic heterocycles. The van der Waals surface area contributed by atoms with E-state index in [4.69, 9.17) is 14.0 Å². The van der Waals surface area contributed by atoms with Crippen molar-refractivity contribution in [3.63, 3.8) is 0 Å². The lowest BCUT2D eigenvalue weighted by Gasteiger charge is -2.16. The highest BCUT2D eigenvalue weighted by atomic mass is 32.1. The van der Waals surface area contributed by atoms with E-state index in [1.807, 2.05) is 24.3 Å². The Morgan fingerprint density at radius 1 is 1.29 bits per heavy atom. The maximum absolute atomic E-state index is 14.6. The van der Waals surface area contributed by atoms with Gasteiger partial charge in [-0.3, -0.25) is 4.79 Å². The summed E-state index contributed by atoms with van der Waals surface area (Å²) in [5.74, 6) is 0.616. The molecule has 7 nitrogen and oxygen atoms in total. The largest absolute Gasteiger partial charge is 0.487 e.